The lowest BCUT2D eigenvalue weighted by Crippen LogP contribution is -2.48. The van der Waals surface area contributed by atoms with Crippen LogP contribution in [0, 0.1) is 11.3 Å². The molecule has 0 radical (unpaired) electrons. The van der Waals surface area contributed by atoms with E-state index in [1.54, 1.807) is 4.90 Å². The lowest BCUT2D eigenvalue weighted by atomic mass is 10.2. The first kappa shape index (κ1) is 17.8. The van der Waals surface area contributed by atoms with E-state index < -0.39 is 0 Å². The molecule has 0 saturated carbocycles. The van der Waals surface area contributed by atoms with E-state index in [0.717, 1.165) is 11.4 Å². The van der Waals surface area contributed by atoms with E-state index in [0.29, 0.717) is 19.7 Å². The number of benzene rings is 1. The number of carbonyl (C=O) groups excluding carboxylic acids is 1. The minimum absolute atomic E-state index is 0.0308. The van der Waals surface area contributed by atoms with Crippen LogP contribution in [0.25, 0.3) is 0 Å². The van der Waals surface area contributed by atoms with Gasteiger partial charge in [0.15, 0.2) is 0 Å². The summed E-state index contributed by atoms with van der Waals surface area (Å²) < 4.78 is 11.0. The monoisotopic (exact) mass is 329 g/mol. The summed E-state index contributed by atoms with van der Waals surface area (Å²) in [7, 11) is 0. The Bertz CT molecular complexity index is 624. The number of anilines is 1. The smallest absolute Gasteiger partial charge is 0.266 e. The number of hydrogen-bond acceptors (Lipinski definition) is 5. The van der Waals surface area contributed by atoms with Gasteiger partial charge >= 0.3 is 0 Å². The fourth-order valence-corrected chi connectivity index (χ4v) is 2.63. The summed E-state index contributed by atoms with van der Waals surface area (Å²) in [5.74, 6) is 0.498. The maximum atomic E-state index is 12.5. The third-order valence-corrected chi connectivity index (χ3v) is 3.61. The minimum Gasteiger partial charge on any atom is -0.494 e. The maximum Gasteiger partial charge on any atom is 0.266 e. The molecule has 1 amide bonds. The van der Waals surface area contributed by atoms with Gasteiger partial charge in [-0.15, -0.1) is 0 Å². The van der Waals surface area contributed by atoms with Crippen LogP contribution in [0.4, 0.5) is 5.69 Å². The third-order valence-electron chi connectivity index (χ3n) is 3.61. The standard InChI is InChI=1S/C18H23N3O3/c1-4-23-17-7-5-16(6-8-17)20-10-15(9-19)18(22)21-11-13(2)24-14(3)12-21/h5-8,10,13-14,20H,4,11-12H2,1-3H3/b15-10-. The van der Waals surface area contributed by atoms with Gasteiger partial charge in [0.2, 0.25) is 0 Å². The van der Waals surface area contributed by atoms with Crippen LogP contribution in [0.3, 0.4) is 0 Å². The Morgan fingerprint density at radius 2 is 2.00 bits per heavy atom. The van der Waals surface area contributed by atoms with Crippen LogP contribution in [-0.2, 0) is 9.53 Å². The fourth-order valence-electron chi connectivity index (χ4n) is 2.63. The van der Waals surface area contributed by atoms with Crippen molar-refractivity contribution in [3.63, 3.8) is 0 Å². The second kappa shape index (κ2) is 8.37. The zero-order valence-electron chi connectivity index (χ0n) is 14.3. The Labute approximate surface area is 142 Å². The van der Waals surface area contributed by atoms with Gasteiger partial charge in [0.1, 0.15) is 17.4 Å². The zero-order chi connectivity index (χ0) is 17.5. The molecule has 1 heterocycles. The van der Waals surface area contributed by atoms with Crippen LogP contribution in [0.1, 0.15) is 20.8 Å². The summed E-state index contributed by atoms with van der Waals surface area (Å²) in [5.41, 5.74) is 0.855. The van der Waals surface area contributed by atoms with Crippen molar-refractivity contribution >= 4 is 11.6 Å². The van der Waals surface area contributed by atoms with Gasteiger partial charge in [-0.25, -0.2) is 0 Å². The molecule has 128 valence electrons. The molecule has 1 N–H and O–H groups in total. The molecule has 1 aliphatic rings. The molecule has 1 aromatic rings. The molecule has 0 aliphatic carbocycles. The first-order valence-electron chi connectivity index (χ1n) is 8.08. The van der Waals surface area contributed by atoms with Crippen molar-refractivity contribution < 1.29 is 14.3 Å². The average molecular weight is 329 g/mol. The van der Waals surface area contributed by atoms with E-state index in [1.807, 2.05) is 51.1 Å². The quantitative estimate of drug-likeness (QED) is 0.664. The number of nitriles is 1. The van der Waals surface area contributed by atoms with Gasteiger partial charge < -0.3 is 19.7 Å². The van der Waals surface area contributed by atoms with Gasteiger partial charge in [-0.05, 0) is 45.0 Å². The SMILES string of the molecule is CCOc1ccc(N/C=C(/C#N)C(=O)N2CC(C)OC(C)C2)cc1. The second-order valence-electron chi connectivity index (χ2n) is 5.74. The van der Waals surface area contributed by atoms with Gasteiger partial charge in [0.05, 0.1) is 18.8 Å². The Kier molecular flexibility index (Phi) is 6.21. The molecular formula is C18H23N3O3. The molecule has 24 heavy (non-hydrogen) atoms. The molecule has 0 spiro atoms. The highest BCUT2D eigenvalue weighted by Gasteiger charge is 2.27. The van der Waals surface area contributed by atoms with Gasteiger partial charge in [-0.3, -0.25) is 4.79 Å². The number of amides is 1. The molecule has 1 aliphatic heterocycles. The third kappa shape index (κ3) is 4.74. The summed E-state index contributed by atoms with van der Waals surface area (Å²) >= 11 is 0. The number of carbonyl (C=O) groups is 1. The molecule has 1 fully saturated rings. The summed E-state index contributed by atoms with van der Waals surface area (Å²) in [6.45, 7) is 7.35. The minimum atomic E-state index is -0.280. The molecule has 2 unspecified atom stereocenters. The lowest BCUT2D eigenvalue weighted by Gasteiger charge is -2.35. The first-order chi connectivity index (χ1) is 11.5. The summed E-state index contributed by atoms with van der Waals surface area (Å²) in [6, 6.07) is 9.30. The summed E-state index contributed by atoms with van der Waals surface area (Å²) in [5, 5.41) is 12.3. The summed E-state index contributed by atoms with van der Waals surface area (Å²) in [6.07, 6.45) is 1.39. The van der Waals surface area contributed by atoms with Crippen LogP contribution >= 0.6 is 0 Å². The molecule has 6 nitrogen and oxygen atoms in total. The Morgan fingerprint density at radius 1 is 1.38 bits per heavy atom. The Morgan fingerprint density at radius 3 is 2.54 bits per heavy atom. The lowest BCUT2D eigenvalue weighted by molar-refractivity contribution is -0.138. The van der Waals surface area contributed by atoms with Gasteiger partial charge in [0, 0.05) is 25.0 Å². The first-order valence-corrected chi connectivity index (χ1v) is 8.08. The van der Waals surface area contributed by atoms with Crippen molar-refractivity contribution in [1.29, 1.82) is 5.26 Å². The Balaban J connectivity index is 2.03. The fraction of sp³-hybridized carbons (Fsp3) is 0.444. The van der Waals surface area contributed by atoms with Crippen LogP contribution < -0.4 is 10.1 Å². The zero-order valence-corrected chi connectivity index (χ0v) is 14.3. The van der Waals surface area contributed by atoms with E-state index in [4.69, 9.17) is 9.47 Å². The molecule has 6 heteroatoms. The van der Waals surface area contributed by atoms with Gasteiger partial charge in [-0.2, -0.15) is 5.26 Å². The van der Waals surface area contributed by atoms with Crippen LogP contribution in [0.5, 0.6) is 5.75 Å². The molecule has 0 bridgehead atoms. The molecule has 2 rings (SSSR count). The van der Waals surface area contributed by atoms with E-state index >= 15 is 0 Å². The van der Waals surface area contributed by atoms with Crippen molar-refractivity contribution in [2.75, 3.05) is 25.0 Å². The average Bonchev–Trinajstić information content (AvgIpc) is 2.56. The maximum absolute atomic E-state index is 12.5. The van der Waals surface area contributed by atoms with Gasteiger partial charge in [-0.1, -0.05) is 0 Å². The van der Waals surface area contributed by atoms with Crippen molar-refractivity contribution in [1.82, 2.24) is 4.90 Å². The number of ether oxygens (including phenoxy) is 2. The largest absolute Gasteiger partial charge is 0.494 e. The topological polar surface area (TPSA) is 74.6 Å². The highest BCUT2D eigenvalue weighted by Crippen LogP contribution is 2.17. The highest BCUT2D eigenvalue weighted by molar-refractivity contribution is 5.97. The number of nitrogens with one attached hydrogen (secondary N) is 1. The van der Waals surface area contributed by atoms with E-state index in [2.05, 4.69) is 5.32 Å². The number of rotatable bonds is 5. The number of nitrogens with zero attached hydrogens (tertiary/aromatic N) is 2. The molecule has 2 atom stereocenters. The van der Waals surface area contributed by atoms with Crippen molar-refractivity contribution in [2.24, 2.45) is 0 Å². The van der Waals surface area contributed by atoms with Crippen molar-refractivity contribution in [2.45, 2.75) is 33.0 Å². The Hall–Kier alpha value is -2.52. The molecular weight excluding hydrogens is 306 g/mol. The molecule has 1 aromatic carbocycles. The summed E-state index contributed by atoms with van der Waals surface area (Å²) in [4.78, 5) is 14.2. The molecule has 1 saturated heterocycles. The van der Waals surface area contributed by atoms with Gasteiger partial charge in [0.25, 0.3) is 5.91 Å². The predicted octanol–water partition coefficient (Wildman–Crippen LogP) is 2.54. The van der Waals surface area contributed by atoms with E-state index in [9.17, 15) is 10.1 Å². The predicted molar refractivity (Wildman–Crippen MR) is 91.5 cm³/mol. The van der Waals surface area contributed by atoms with E-state index in [1.165, 1.54) is 6.20 Å². The van der Waals surface area contributed by atoms with Crippen LogP contribution in [0.2, 0.25) is 0 Å². The number of hydrogen-bond donors (Lipinski definition) is 1. The van der Waals surface area contributed by atoms with Crippen molar-refractivity contribution in [3.8, 4) is 11.8 Å². The van der Waals surface area contributed by atoms with Crippen molar-refractivity contribution in [3.05, 3.63) is 36.0 Å². The number of morpholine rings is 1. The van der Waals surface area contributed by atoms with Crippen LogP contribution in [0.15, 0.2) is 36.0 Å². The van der Waals surface area contributed by atoms with Crippen LogP contribution in [-0.4, -0.2) is 42.7 Å². The normalized spacial score (nSPS) is 21.1. The van der Waals surface area contributed by atoms with E-state index in [-0.39, 0.29) is 23.7 Å². The highest BCUT2D eigenvalue weighted by atomic mass is 16.5. The molecule has 0 aromatic heterocycles. The second-order valence-corrected chi connectivity index (χ2v) is 5.74.